The Hall–Kier alpha value is -3.46. The highest BCUT2D eigenvalue weighted by Crippen LogP contribution is 2.31. The molecule has 3 heterocycles. The molecule has 6 nitrogen and oxygen atoms in total. The number of rotatable bonds is 3. The van der Waals surface area contributed by atoms with E-state index in [-0.39, 0.29) is 17.6 Å². The minimum absolute atomic E-state index is 0.123. The summed E-state index contributed by atoms with van der Waals surface area (Å²) in [6.45, 7) is -0.279. The van der Waals surface area contributed by atoms with Gasteiger partial charge in [-0.15, -0.1) is 0 Å². The highest BCUT2D eigenvalue weighted by atomic mass is 79.9. The van der Waals surface area contributed by atoms with Crippen molar-refractivity contribution in [3.63, 3.8) is 0 Å². The third-order valence-corrected chi connectivity index (χ3v) is 5.68. The zero-order valence-corrected chi connectivity index (χ0v) is 17.8. The zero-order chi connectivity index (χ0) is 21.7. The number of hydrogen-bond donors (Lipinski definition) is 0. The molecule has 31 heavy (non-hydrogen) atoms. The van der Waals surface area contributed by atoms with E-state index >= 15 is 8.78 Å². The SMILES string of the molecule is Cn1cc2c(-c3cc(F)c(Cn4cc(Br)c5nccnc5c4=O)c(F)c3)cccc2n1. The van der Waals surface area contributed by atoms with Gasteiger partial charge in [0.15, 0.2) is 5.52 Å². The molecule has 0 saturated carbocycles. The van der Waals surface area contributed by atoms with Crippen LogP contribution in [0.25, 0.3) is 33.1 Å². The second-order valence-electron chi connectivity index (χ2n) is 7.12. The molecular weight excluding hydrogens is 468 g/mol. The Morgan fingerprint density at radius 3 is 2.48 bits per heavy atom. The van der Waals surface area contributed by atoms with E-state index in [1.165, 1.54) is 35.3 Å². The first-order chi connectivity index (χ1) is 14.9. The van der Waals surface area contributed by atoms with E-state index in [0.717, 1.165) is 10.9 Å². The maximum Gasteiger partial charge on any atom is 0.279 e. The molecular formula is C22H14BrF2N5O. The Bertz CT molecular complexity index is 1520. The lowest BCUT2D eigenvalue weighted by Gasteiger charge is -2.12. The molecule has 0 atom stereocenters. The van der Waals surface area contributed by atoms with Crippen molar-refractivity contribution in [3.05, 3.63) is 87.1 Å². The summed E-state index contributed by atoms with van der Waals surface area (Å²) in [4.78, 5) is 20.9. The van der Waals surface area contributed by atoms with Gasteiger partial charge in [0.1, 0.15) is 17.2 Å². The number of pyridine rings is 1. The Balaban J connectivity index is 1.60. The topological polar surface area (TPSA) is 65.6 Å². The van der Waals surface area contributed by atoms with E-state index in [1.54, 1.807) is 23.9 Å². The monoisotopic (exact) mass is 481 g/mol. The average Bonchev–Trinajstić information content (AvgIpc) is 3.14. The van der Waals surface area contributed by atoms with E-state index in [9.17, 15) is 4.79 Å². The van der Waals surface area contributed by atoms with Gasteiger partial charge in [-0.2, -0.15) is 5.10 Å². The molecule has 3 aromatic heterocycles. The summed E-state index contributed by atoms with van der Waals surface area (Å²) in [5.74, 6) is -1.48. The molecule has 0 saturated heterocycles. The predicted octanol–water partition coefficient (Wildman–Crippen LogP) is 4.43. The molecule has 0 bridgehead atoms. The van der Waals surface area contributed by atoms with Crippen molar-refractivity contribution in [1.29, 1.82) is 0 Å². The second-order valence-corrected chi connectivity index (χ2v) is 7.98. The van der Waals surface area contributed by atoms with Crippen molar-refractivity contribution in [3.8, 4) is 11.1 Å². The molecule has 154 valence electrons. The summed E-state index contributed by atoms with van der Waals surface area (Å²) in [5.41, 5.74) is 1.64. The van der Waals surface area contributed by atoms with Crippen LogP contribution in [0.2, 0.25) is 0 Å². The molecule has 0 N–H and O–H groups in total. The molecule has 0 unspecified atom stereocenters. The number of aryl methyl sites for hydroxylation is 1. The molecule has 5 aromatic rings. The Labute approximate surface area is 182 Å². The van der Waals surface area contributed by atoms with Crippen molar-refractivity contribution < 1.29 is 8.78 Å². The summed E-state index contributed by atoms with van der Waals surface area (Å²) >= 11 is 3.34. The smallest absolute Gasteiger partial charge is 0.279 e. The van der Waals surface area contributed by atoms with Crippen LogP contribution in [0.5, 0.6) is 0 Å². The Kier molecular flexibility index (Phi) is 4.62. The van der Waals surface area contributed by atoms with Gasteiger partial charge >= 0.3 is 0 Å². The van der Waals surface area contributed by atoms with Gasteiger partial charge < -0.3 is 4.57 Å². The molecule has 0 amide bonds. The van der Waals surface area contributed by atoms with Crippen LogP contribution in [0.4, 0.5) is 8.78 Å². The number of aromatic nitrogens is 5. The van der Waals surface area contributed by atoms with Crippen LogP contribution in [0.15, 0.2) is 64.4 Å². The molecule has 0 aliphatic rings. The Morgan fingerprint density at radius 2 is 1.74 bits per heavy atom. The molecule has 0 spiro atoms. The molecule has 5 rings (SSSR count). The van der Waals surface area contributed by atoms with Crippen LogP contribution in [-0.2, 0) is 13.6 Å². The van der Waals surface area contributed by atoms with Crippen LogP contribution in [0.1, 0.15) is 5.56 Å². The summed E-state index contributed by atoms with van der Waals surface area (Å²) in [5, 5.41) is 5.13. The molecule has 0 aliphatic carbocycles. The lowest BCUT2D eigenvalue weighted by atomic mass is 10.00. The zero-order valence-electron chi connectivity index (χ0n) is 16.2. The van der Waals surface area contributed by atoms with Crippen molar-refractivity contribution in [2.24, 2.45) is 7.05 Å². The van der Waals surface area contributed by atoms with E-state index < -0.39 is 17.2 Å². The minimum atomic E-state index is -0.738. The number of nitrogens with zero attached hydrogens (tertiary/aromatic N) is 5. The first-order valence-electron chi connectivity index (χ1n) is 9.32. The fourth-order valence-electron chi connectivity index (χ4n) is 3.67. The predicted molar refractivity (Wildman–Crippen MR) is 117 cm³/mol. The summed E-state index contributed by atoms with van der Waals surface area (Å²) in [6.07, 6.45) is 6.14. The number of hydrogen-bond acceptors (Lipinski definition) is 4. The van der Waals surface area contributed by atoms with E-state index in [1.807, 2.05) is 12.3 Å². The minimum Gasteiger partial charge on any atom is -0.308 e. The van der Waals surface area contributed by atoms with Crippen molar-refractivity contribution in [1.82, 2.24) is 24.3 Å². The van der Waals surface area contributed by atoms with Crippen LogP contribution < -0.4 is 5.56 Å². The van der Waals surface area contributed by atoms with Crippen molar-refractivity contribution in [2.45, 2.75) is 6.54 Å². The normalized spacial score (nSPS) is 11.5. The van der Waals surface area contributed by atoms with Gasteiger partial charge in [0, 0.05) is 42.8 Å². The number of halogens is 3. The quantitative estimate of drug-likeness (QED) is 0.382. The molecule has 2 aromatic carbocycles. The van der Waals surface area contributed by atoms with Gasteiger partial charge in [0.25, 0.3) is 5.56 Å². The van der Waals surface area contributed by atoms with Gasteiger partial charge in [0.2, 0.25) is 0 Å². The lowest BCUT2D eigenvalue weighted by molar-refractivity contribution is 0.542. The first-order valence-corrected chi connectivity index (χ1v) is 10.1. The third kappa shape index (κ3) is 3.31. The standard InChI is InChI=1S/C22H14BrF2N5O/c1-29-9-14-13(3-2-4-19(14)28-29)12-7-17(24)15(18(25)8-12)10-30-11-16(23)20-21(22(30)31)27-6-5-26-20/h2-9,11H,10H2,1H3. The maximum absolute atomic E-state index is 15.0. The van der Waals surface area contributed by atoms with Gasteiger partial charge in [-0.3, -0.25) is 14.5 Å². The van der Waals surface area contributed by atoms with Gasteiger partial charge in [0.05, 0.1) is 16.5 Å². The van der Waals surface area contributed by atoms with E-state index in [0.29, 0.717) is 21.1 Å². The van der Waals surface area contributed by atoms with Crippen LogP contribution >= 0.6 is 15.9 Å². The van der Waals surface area contributed by atoms with Crippen molar-refractivity contribution >= 4 is 37.9 Å². The van der Waals surface area contributed by atoms with Crippen LogP contribution in [-0.4, -0.2) is 24.3 Å². The van der Waals surface area contributed by atoms with Gasteiger partial charge in [-0.05, 0) is 45.3 Å². The maximum atomic E-state index is 15.0. The van der Waals surface area contributed by atoms with E-state index in [2.05, 4.69) is 31.0 Å². The van der Waals surface area contributed by atoms with Crippen molar-refractivity contribution in [2.75, 3.05) is 0 Å². The lowest BCUT2D eigenvalue weighted by Crippen LogP contribution is -2.22. The summed E-state index contributed by atoms with van der Waals surface area (Å²) in [7, 11) is 1.79. The molecule has 0 aliphatic heterocycles. The van der Waals surface area contributed by atoms with Crippen LogP contribution in [0.3, 0.4) is 0 Å². The number of benzene rings is 2. The first kappa shape index (κ1) is 19.5. The highest BCUT2D eigenvalue weighted by Gasteiger charge is 2.17. The molecule has 9 heteroatoms. The van der Waals surface area contributed by atoms with Gasteiger partial charge in [-0.1, -0.05) is 12.1 Å². The Morgan fingerprint density at radius 1 is 1.03 bits per heavy atom. The fraction of sp³-hybridized carbons (Fsp3) is 0.0909. The molecule has 0 radical (unpaired) electrons. The third-order valence-electron chi connectivity index (χ3n) is 5.10. The molecule has 0 fully saturated rings. The fourth-order valence-corrected chi connectivity index (χ4v) is 4.21. The average molecular weight is 482 g/mol. The van der Waals surface area contributed by atoms with E-state index in [4.69, 9.17) is 0 Å². The second kappa shape index (κ2) is 7.35. The highest BCUT2D eigenvalue weighted by molar-refractivity contribution is 9.10. The summed E-state index contributed by atoms with van der Waals surface area (Å²) < 4.78 is 33.4. The van der Waals surface area contributed by atoms with Crippen LogP contribution in [0, 0.1) is 11.6 Å². The summed E-state index contributed by atoms with van der Waals surface area (Å²) in [6, 6.07) is 7.98. The van der Waals surface area contributed by atoms with Gasteiger partial charge in [-0.25, -0.2) is 13.8 Å². The number of fused-ring (bicyclic) bond motifs is 2. The largest absolute Gasteiger partial charge is 0.308 e.